The predicted octanol–water partition coefficient (Wildman–Crippen LogP) is 0.174. The number of imide groups is 1. The van der Waals surface area contributed by atoms with Crippen molar-refractivity contribution in [1.29, 1.82) is 0 Å². The minimum Gasteiger partial charge on any atom is -0.481 e. The maximum atomic E-state index is 12.5. The van der Waals surface area contributed by atoms with E-state index in [1.165, 1.54) is 4.90 Å². The van der Waals surface area contributed by atoms with Crippen molar-refractivity contribution in [2.75, 3.05) is 19.6 Å². The molecular formula is C15H21N3O5. The minimum atomic E-state index is -0.891. The van der Waals surface area contributed by atoms with Gasteiger partial charge in [-0.2, -0.15) is 0 Å². The van der Waals surface area contributed by atoms with E-state index in [-0.39, 0.29) is 31.3 Å². The molecule has 2 saturated heterocycles. The summed E-state index contributed by atoms with van der Waals surface area (Å²) < 4.78 is 0. The standard InChI is InChI=1S/C15H21N3O5/c19-11(17-7-3-10(9-17)12(20)21)4-8-18-13(22)15(16-14(18)23)5-1-2-6-15/h10H,1-9H2,(H,16,23)(H,20,21)/t10-/m1/s1. The molecule has 8 nitrogen and oxygen atoms in total. The monoisotopic (exact) mass is 323 g/mol. The van der Waals surface area contributed by atoms with E-state index in [2.05, 4.69) is 5.32 Å². The van der Waals surface area contributed by atoms with Crippen LogP contribution in [-0.2, 0) is 14.4 Å². The third kappa shape index (κ3) is 2.77. The number of nitrogens with zero attached hydrogens (tertiary/aromatic N) is 2. The Morgan fingerprint density at radius 2 is 1.96 bits per heavy atom. The van der Waals surface area contributed by atoms with Gasteiger partial charge in [-0.3, -0.25) is 19.3 Å². The molecule has 3 rings (SSSR count). The van der Waals surface area contributed by atoms with E-state index in [9.17, 15) is 19.2 Å². The average molecular weight is 323 g/mol. The first-order chi connectivity index (χ1) is 10.9. The van der Waals surface area contributed by atoms with Crippen molar-refractivity contribution >= 4 is 23.8 Å². The Kier molecular flexibility index (Phi) is 3.99. The molecule has 0 aromatic carbocycles. The lowest BCUT2D eigenvalue weighted by atomic mass is 9.98. The van der Waals surface area contributed by atoms with Crippen LogP contribution in [0.1, 0.15) is 38.5 Å². The van der Waals surface area contributed by atoms with Crippen LogP contribution >= 0.6 is 0 Å². The molecule has 1 aliphatic carbocycles. The molecule has 23 heavy (non-hydrogen) atoms. The van der Waals surface area contributed by atoms with Gasteiger partial charge in [-0.15, -0.1) is 0 Å². The fraction of sp³-hybridized carbons (Fsp3) is 0.733. The summed E-state index contributed by atoms with van der Waals surface area (Å²) in [7, 11) is 0. The molecule has 3 aliphatic rings. The molecule has 1 atom stereocenters. The fourth-order valence-corrected chi connectivity index (χ4v) is 3.75. The summed E-state index contributed by atoms with van der Waals surface area (Å²) in [5, 5.41) is 11.7. The van der Waals surface area contributed by atoms with E-state index in [4.69, 9.17) is 5.11 Å². The summed E-state index contributed by atoms with van der Waals surface area (Å²) in [6, 6.07) is -0.422. The number of carboxylic acids is 1. The molecule has 4 amide bonds. The molecule has 126 valence electrons. The van der Waals surface area contributed by atoms with Gasteiger partial charge in [-0.1, -0.05) is 12.8 Å². The molecule has 0 bridgehead atoms. The first-order valence-electron chi connectivity index (χ1n) is 8.08. The molecule has 2 heterocycles. The number of carbonyl (C=O) groups is 4. The van der Waals surface area contributed by atoms with Crippen molar-refractivity contribution in [3.8, 4) is 0 Å². The quantitative estimate of drug-likeness (QED) is 0.717. The van der Waals surface area contributed by atoms with E-state index in [0.717, 1.165) is 17.7 Å². The number of hydrogen-bond donors (Lipinski definition) is 2. The zero-order valence-corrected chi connectivity index (χ0v) is 12.9. The second-order valence-corrected chi connectivity index (χ2v) is 6.59. The average Bonchev–Trinajstić information content (AvgIpc) is 3.20. The van der Waals surface area contributed by atoms with Crippen LogP contribution in [-0.4, -0.2) is 63.9 Å². The largest absolute Gasteiger partial charge is 0.481 e. The second kappa shape index (κ2) is 5.82. The number of rotatable bonds is 4. The highest BCUT2D eigenvalue weighted by Gasteiger charge is 2.52. The van der Waals surface area contributed by atoms with Gasteiger partial charge in [-0.05, 0) is 19.3 Å². The summed E-state index contributed by atoms with van der Waals surface area (Å²) in [6.07, 6.45) is 3.66. The molecule has 3 fully saturated rings. The summed E-state index contributed by atoms with van der Waals surface area (Å²) in [5.74, 6) is -1.84. The zero-order chi connectivity index (χ0) is 16.6. The number of amides is 4. The topological polar surface area (TPSA) is 107 Å². The van der Waals surface area contributed by atoms with Crippen LogP contribution < -0.4 is 5.32 Å². The number of carbonyl (C=O) groups excluding carboxylic acids is 3. The Labute approximate surface area is 133 Å². The van der Waals surface area contributed by atoms with Gasteiger partial charge in [0.15, 0.2) is 0 Å². The van der Waals surface area contributed by atoms with Crippen molar-refractivity contribution in [1.82, 2.24) is 15.1 Å². The lowest BCUT2D eigenvalue weighted by molar-refractivity contribution is -0.141. The van der Waals surface area contributed by atoms with Gasteiger partial charge in [-0.25, -0.2) is 4.79 Å². The van der Waals surface area contributed by atoms with Crippen LogP contribution in [0.3, 0.4) is 0 Å². The number of nitrogens with one attached hydrogen (secondary N) is 1. The van der Waals surface area contributed by atoms with Crippen molar-refractivity contribution in [2.24, 2.45) is 5.92 Å². The van der Waals surface area contributed by atoms with Crippen LogP contribution in [0.15, 0.2) is 0 Å². The lowest BCUT2D eigenvalue weighted by Crippen LogP contribution is -2.44. The van der Waals surface area contributed by atoms with Crippen LogP contribution in [0.2, 0.25) is 0 Å². The van der Waals surface area contributed by atoms with Crippen LogP contribution in [0, 0.1) is 5.92 Å². The second-order valence-electron chi connectivity index (χ2n) is 6.59. The number of likely N-dealkylation sites (tertiary alicyclic amines) is 1. The van der Waals surface area contributed by atoms with Crippen molar-refractivity contribution < 1.29 is 24.3 Å². The number of carboxylic acid groups (broad SMARTS) is 1. The Bertz CT molecular complexity index is 555. The highest BCUT2D eigenvalue weighted by molar-refractivity contribution is 6.07. The summed E-state index contributed by atoms with van der Waals surface area (Å²) in [6.45, 7) is 0.678. The van der Waals surface area contributed by atoms with Gasteiger partial charge in [0.2, 0.25) is 5.91 Å². The van der Waals surface area contributed by atoms with E-state index in [1.807, 2.05) is 0 Å². The van der Waals surface area contributed by atoms with Gasteiger partial charge in [0, 0.05) is 26.1 Å². The first kappa shape index (κ1) is 15.8. The Morgan fingerprint density at radius 1 is 1.26 bits per heavy atom. The van der Waals surface area contributed by atoms with Gasteiger partial charge in [0.1, 0.15) is 5.54 Å². The van der Waals surface area contributed by atoms with Gasteiger partial charge in [0.05, 0.1) is 5.92 Å². The van der Waals surface area contributed by atoms with E-state index in [0.29, 0.717) is 25.8 Å². The Hall–Kier alpha value is -2.12. The Balaban J connectivity index is 1.54. The van der Waals surface area contributed by atoms with Crippen molar-refractivity contribution in [2.45, 2.75) is 44.1 Å². The van der Waals surface area contributed by atoms with E-state index >= 15 is 0 Å². The molecular weight excluding hydrogens is 302 g/mol. The number of aliphatic carboxylic acids is 1. The number of hydrogen-bond acceptors (Lipinski definition) is 4. The maximum Gasteiger partial charge on any atom is 0.325 e. The normalized spacial score (nSPS) is 26.2. The SMILES string of the molecule is O=C(O)[C@@H]1CCN(C(=O)CCN2C(=O)NC3(CCCC3)C2=O)C1. The van der Waals surface area contributed by atoms with E-state index < -0.39 is 23.5 Å². The van der Waals surface area contributed by atoms with Crippen LogP contribution in [0.25, 0.3) is 0 Å². The molecule has 2 N–H and O–H groups in total. The van der Waals surface area contributed by atoms with Gasteiger partial charge in [0.25, 0.3) is 5.91 Å². The molecule has 0 radical (unpaired) electrons. The Morgan fingerprint density at radius 3 is 2.57 bits per heavy atom. The van der Waals surface area contributed by atoms with Crippen LogP contribution in [0.4, 0.5) is 4.79 Å². The minimum absolute atomic E-state index is 0.0432. The summed E-state index contributed by atoms with van der Waals surface area (Å²) in [5.41, 5.74) is -0.748. The summed E-state index contributed by atoms with van der Waals surface area (Å²) >= 11 is 0. The summed E-state index contributed by atoms with van der Waals surface area (Å²) in [4.78, 5) is 50.2. The number of urea groups is 1. The van der Waals surface area contributed by atoms with Gasteiger partial charge >= 0.3 is 12.0 Å². The molecule has 0 aromatic heterocycles. The molecule has 2 aliphatic heterocycles. The van der Waals surface area contributed by atoms with Gasteiger partial charge < -0.3 is 15.3 Å². The molecule has 0 aromatic rings. The highest BCUT2D eigenvalue weighted by Crippen LogP contribution is 2.35. The lowest BCUT2D eigenvalue weighted by Gasteiger charge is -2.21. The highest BCUT2D eigenvalue weighted by atomic mass is 16.4. The zero-order valence-electron chi connectivity index (χ0n) is 12.9. The van der Waals surface area contributed by atoms with Crippen molar-refractivity contribution in [3.63, 3.8) is 0 Å². The fourth-order valence-electron chi connectivity index (χ4n) is 3.75. The maximum absolute atomic E-state index is 12.5. The smallest absolute Gasteiger partial charge is 0.325 e. The van der Waals surface area contributed by atoms with Crippen molar-refractivity contribution in [3.05, 3.63) is 0 Å². The third-order valence-electron chi connectivity index (χ3n) is 5.14. The molecule has 1 saturated carbocycles. The predicted molar refractivity (Wildman–Crippen MR) is 78.4 cm³/mol. The first-order valence-corrected chi connectivity index (χ1v) is 8.08. The molecule has 1 spiro atoms. The van der Waals surface area contributed by atoms with E-state index in [1.54, 1.807) is 0 Å². The third-order valence-corrected chi connectivity index (χ3v) is 5.14. The molecule has 0 unspecified atom stereocenters. The molecule has 8 heteroatoms. The van der Waals surface area contributed by atoms with Crippen LogP contribution in [0.5, 0.6) is 0 Å².